The maximum atomic E-state index is 9.44. The maximum Gasteiger partial charge on any atom is 0.157 e. The molecule has 0 aliphatic rings. The molecule has 0 heterocycles. The van der Waals surface area contributed by atoms with Crippen molar-refractivity contribution in [2.45, 2.75) is 0 Å². The van der Waals surface area contributed by atoms with Crippen LogP contribution in [0.4, 0.5) is 5.69 Å². The Kier molecular flexibility index (Phi) is 2.95. The van der Waals surface area contributed by atoms with Gasteiger partial charge in [-0.25, -0.2) is 0 Å². The Morgan fingerprint density at radius 3 is 2.12 bits per heavy atom. The van der Waals surface area contributed by atoms with Gasteiger partial charge in [0.05, 0.1) is 10.7 Å². The quantitative estimate of drug-likeness (QED) is 0.597. The minimum atomic E-state index is -0.0839. The molecule has 16 heavy (non-hydrogen) atoms. The van der Waals surface area contributed by atoms with Gasteiger partial charge in [-0.3, -0.25) is 0 Å². The molecule has 0 amide bonds. The second kappa shape index (κ2) is 4.24. The van der Waals surface area contributed by atoms with Gasteiger partial charge >= 0.3 is 0 Å². The van der Waals surface area contributed by atoms with Crippen molar-refractivity contribution in [1.29, 1.82) is 0 Å². The first kappa shape index (κ1) is 11.1. The van der Waals surface area contributed by atoms with Crippen LogP contribution in [0, 0.1) is 0 Å². The third-order valence-electron chi connectivity index (χ3n) is 2.27. The topological polar surface area (TPSA) is 46.2 Å². The number of phenols is 1. The second-order valence-electron chi connectivity index (χ2n) is 3.40. The summed E-state index contributed by atoms with van der Waals surface area (Å²) in [5.41, 5.74) is 7.68. The third-order valence-corrected chi connectivity index (χ3v) is 2.81. The van der Waals surface area contributed by atoms with Gasteiger partial charge in [0.1, 0.15) is 0 Å². The lowest BCUT2D eigenvalue weighted by Gasteiger charge is -2.06. The van der Waals surface area contributed by atoms with Crippen LogP contribution < -0.4 is 5.73 Å². The zero-order valence-electron chi connectivity index (χ0n) is 8.24. The molecule has 2 aromatic carbocycles. The zero-order chi connectivity index (χ0) is 11.7. The van der Waals surface area contributed by atoms with E-state index in [1.165, 1.54) is 0 Å². The first-order valence-electron chi connectivity index (χ1n) is 4.62. The molecule has 0 spiro atoms. The summed E-state index contributed by atoms with van der Waals surface area (Å²) >= 11 is 11.6. The summed E-state index contributed by atoms with van der Waals surface area (Å²) in [6.45, 7) is 0. The molecule has 4 heteroatoms. The summed E-state index contributed by atoms with van der Waals surface area (Å²) in [6.07, 6.45) is 0. The molecule has 0 aliphatic carbocycles. The summed E-state index contributed by atoms with van der Waals surface area (Å²) in [4.78, 5) is 0. The monoisotopic (exact) mass is 253 g/mol. The van der Waals surface area contributed by atoms with Gasteiger partial charge in [0.15, 0.2) is 5.75 Å². The number of halogens is 2. The minimum Gasteiger partial charge on any atom is -0.504 e. The molecule has 2 aromatic rings. The molecule has 3 N–H and O–H groups in total. The van der Waals surface area contributed by atoms with Crippen LogP contribution >= 0.6 is 23.2 Å². The molecular weight excluding hydrogens is 245 g/mol. The van der Waals surface area contributed by atoms with Gasteiger partial charge < -0.3 is 10.8 Å². The number of rotatable bonds is 1. The molecule has 0 saturated heterocycles. The van der Waals surface area contributed by atoms with E-state index in [9.17, 15) is 5.11 Å². The van der Waals surface area contributed by atoms with Gasteiger partial charge in [0, 0.05) is 5.02 Å². The molecular formula is C12H9Cl2NO. The van der Waals surface area contributed by atoms with Crippen molar-refractivity contribution in [3.63, 3.8) is 0 Å². The van der Waals surface area contributed by atoms with Gasteiger partial charge in [-0.2, -0.15) is 0 Å². The Labute approximate surface area is 103 Å². The number of hydrogen-bond donors (Lipinski definition) is 2. The van der Waals surface area contributed by atoms with E-state index in [0.717, 1.165) is 11.1 Å². The molecule has 0 bridgehead atoms. The van der Waals surface area contributed by atoms with E-state index in [-0.39, 0.29) is 16.5 Å². The minimum absolute atomic E-state index is 0.0839. The number of aromatic hydroxyl groups is 1. The van der Waals surface area contributed by atoms with Crippen molar-refractivity contribution in [3.05, 3.63) is 46.4 Å². The number of phenolic OH excluding ortho intramolecular Hbond substituents is 1. The lowest BCUT2D eigenvalue weighted by Crippen LogP contribution is -1.88. The highest BCUT2D eigenvalue weighted by atomic mass is 35.5. The van der Waals surface area contributed by atoms with Crippen molar-refractivity contribution in [2.24, 2.45) is 0 Å². The van der Waals surface area contributed by atoms with Crippen LogP contribution in [0.3, 0.4) is 0 Å². The average Bonchev–Trinajstić information content (AvgIpc) is 2.26. The maximum absolute atomic E-state index is 9.44. The highest BCUT2D eigenvalue weighted by Gasteiger charge is 2.07. The Balaban J connectivity index is 2.52. The molecule has 0 unspecified atom stereocenters. The van der Waals surface area contributed by atoms with Crippen LogP contribution in [-0.4, -0.2) is 5.11 Å². The van der Waals surface area contributed by atoms with E-state index in [2.05, 4.69) is 0 Å². The summed E-state index contributed by atoms with van der Waals surface area (Å²) in [5.74, 6) is -0.0839. The van der Waals surface area contributed by atoms with Crippen LogP contribution in [0.15, 0.2) is 36.4 Å². The van der Waals surface area contributed by atoms with Crippen LogP contribution in [0.25, 0.3) is 11.1 Å². The second-order valence-corrected chi connectivity index (χ2v) is 4.25. The summed E-state index contributed by atoms with van der Waals surface area (Å²) in [7, 11) is 0. The molecule has 0 aromatic heterocycles. The predicted octanol–water partition coefficient (Wildman–Crippen LogP) is 3.95. The van der Waals surface area contributed by atoms with E-state index in [0.29, 0.717) is 5.02 Å². The van der Waals surface area contributed by atoms with E-state index >= 15 is 0 Å². The third kappa shape index (κ3) is 2.08. The molecule has 2 rings (SSSR count). The highest BCUT2D eigenvalue weighted by Crippen LogP contribution is 2.35. The van der Waals surface area contributed by atoms with Gasteiger partial charge in [0.2, 0.25) is 0 Å². The van der Waals surface area contributed by atoms with E-state index in [1.807, 2.05) is 12.1 Å². The van der Waals surface area contributed by atoms with Gasteiger partial charge in [-0.05, 0) is 35.4 Å². The number of nitrogen functional groups attached to an aromatic ring is 1. The molecule has 0 atom stereocenters. The highest BCUT2D eigenvalue weighted by molar-refractivity contribution is 6.32. The molecule has 0 saturated carbocycles. The summed E-state index contributed by atoms with van der Waals surface area (Å²) in [6, 6.07) is 10.6. The molecule has 82 valence electrons. The van der Waals surface area contributed by atoms with Crippen molar-refractivity contribution in [3.8, 4) is 16.9 Å². The van der Waals surface area contributed by atoms with Crippen LogP contribution in [0.2, 0.25) is 10.0 Å². The Bertz CT molecular complexity index is 500. The Morgan fingerprint density at radius 1 is 0.938 bits per heavy atom. The Morgan fingerprint density at radius 2 is 1.56 bits per heavy atom. The van der Waals surface area contributed by atoms with Crippen molar-refractivity contribution in [2.75, 3.05) is 5.73 Å². The standard InChI is InChI=1S/C12H9Cl2NO/c13-9-3-1-7(2-4-9)8-5-10(14)12(16)11(15)6-8/h1-6,16H,15H2. The predicted molar refractivity (Wildman–Crippen MR) is 68.0 cm³/mol. The molecule has 0 aliphatic heterocycles. The SMILES string of the molecule is Nc1cc(-c2ccc(Cl)cc2)cc(Cl)c1O. The lowest BCUT2D eigenvalue weighted by atomic mass is 10.0. The van der Waals surface area contributed by atoms with Crippen molar-refractivity contribution >= 4 is 28.9 Å². The van der Waals surface area contributed by atoms with E-state index in [4.69, 9.17) is 28.9 Å². The fourth-order valence-corrected chi connectivity index (χ4v) is 1.78. The molecule has 0 radical (unpaired) electrons. The van der Waals surface area contributed by atoms with Crippen molar-refractivity contribution in [1.82, 2.24) is 0 Å². The number of nitrogens with two attached hydrogens (primary N) is 1. The van der Waals surface area contributed by atoms with Crippen LogP contribution in [0.5, 0.6) is 5.75 Å². The zero-order valence-corrected chi connectivity index (χ0v) is 9.76. The van der Waals surface area contributed by atoms with Crippen LogP contribution in [0.1, 0.15) is 0 Å². The van der Waals surface area contributed by atoms with E-state index in [1.54, 1.807) is 24.3 Å². The Hall–Kier alpha value is -1.38. The largest absolute Gasteiger partial charge is 0.504 e. The molecule has 0 fully saturated rings. The lowest BCUT2D eigenvalue weighted by molar-refractivity contribution is 0.478. The van der Waals surface area contributed by atoms with Crippen molar-refractivity contribution < 1.29 is 5.11 Å². The first-order chi connectivity index (χ1) is 7.58. The van der Waals surface area contributed by atoms with Gasteiger partial charge in [0.25, 0.3) is 0 Å². The number of benzene rings is 2. The normalized spacial score (nSPS) is 10.4. The number of hydrogen-bond acceptors (Lipinski definition) is 2. The fraction of sp³-hybridized carbons (Fsp3) is 0. The van der Waals surface area contributed by atoms with Gasteiger partial charge in [-0.1, -0.05) is 35.3 Å². The summed E-state index contributed by atoms with van der Waals surface area (Å²) < 4.78 is 0. The average molecular weight is 254 g/mol. The van der Waals surface area contributed by atoms with Crippen LogP contribution in [-0.2, 0) is 0 Å². The summed E-state index contributed by atoms with van der Waals surface area (Å²) in [5, 5.41) is 10.4. The smallest absolute Gasteiger partial charge is 0.157 e. The number of anilines is 1. The van der Waals surface area contributed by atoms with Gasteiger partial charge in [-0.15, -0.1) is 0 Å². The fourth-order valence-electron chi connectivity index (χ4n) is 1.43. The first-order valence-corrected chi connectivity index (χ1v) is 5.37. The van der Waals surface area contributed by atoms with E-state index < -0.39 is 0 Å². The molecule has 2 nitrogen and oxygen atoms in total.